The fourth-order valence-electron chi connectivity index (χ4n) is 3.73. The van der Waals surface area contributed by atoms with E-state index in [2.05, 4.69) is 4.74 Å². The molecule has 0 bridgehead atoms. The topological polar surface area (TPSA) is 126 Å². The highest BCUT2D eigenvalue weighted by Gasteiger charge is 2.44. The lowest BCUT2D eigenvalue weighted by molar-refractivity contribution is -0.274. The Balaban J connectivity index is 1.79. The fraction of sp³-hybridized carbons (Fsp3) is 0.136. The number of hydrogen-bond donors (Lipinski definition) is 3. The van der Waals surface area contributed by atoms with Crippen LogP contribution in [0.3, 0.4) is 0 Å². The highest BCUT2D eigenvalue weighted by molar-refractivity contribution is 8.01. The van der Waals surface area contributed by atoms with Crippen LogP contribution in [0.1, 0.15) is 21.6 Å². The number of halogens is 4. The normalized spacial score (nSPS) is 17.1. The van der Waals surface area contributed by atoms with E-state index < -0.39 is 62.9 Å². The number of fused-ring (bicyclic) bond motifs is 1. The third kappa shape index (κ3) is 4.54. The summed E-state index contributed by atoms with van der Waals surface area (Å²) in [5.41, 5.74) is -1.97. The maximum atomic E-state index is 15.0. The fourth-order valence-corrected chi connectivity index (χ4v) is 4.98. The molecule has 0 radical (unpaired) electrons. The van der Waals surface area contributed by atoms with Crippen molar-refractivity contribution in [1.82, 2.24) is 4.57 Å². The molecule has 0 aliphatic carbocycles. The van der Waals surface area contributed by atoms with Gasteiger partial charge in [-0.1, -0.05) is 18.2 Å². The Bertz CT molecular complexity index is 1420. The van der Waals surface area contributed by atoms with Gasteiger partial charge in [-0.05, 0) is 35.4 Å². The van der Waals surface area contributed by atoms with Crippen molar-refractivity contribution in [1.29, 1.82) is 0 Å². The smallest absolute Gasteiger partial charge is 0.506 e. The predicted octanol–water partition coefficient (Wildman–Crippen LogP) is 4.25. The minimum absolute atomic E-state index is 0.141. The molecule has 2 unspecified atom stereocenters. The maximum absolute atomic E-state index is 15.0. The Morgan fingerprint density at radius 1 is 0.971 bits per heavy atom. The second-order valence-corrected chi connectivity index (χ2v) is 8.55. The van der Waals surface area contributed by atoms with Crippen LogP contribution < -0.4 is 10.3 Å². The molecule has 3 N–H and O–H groups in total. The summed E-state index contributed by atoms with van der Waals surface area (Å²) < 4.78 is 57.0. The number of aromatic hydroxyl groups is 1. The highest BCUT2D eigenvalue weighted by Crippen LogP contribution is 2.52. The number of thioether (sulfide) groups is 1. The molecule has 1 aromatic heterocycles. The molecule has 3 aromatic rings. The van der Waals surface area contributed by atoms with Gasteiger partial charge in [-0.2, -0.15) is 0 Å². The Kier molecular flexibility index (Phi) is 5.97. The number of ether oxygens (including phenoxy) is 1. The molecule has 8 nitrogen and oxygen atoms in total. The van der Waals surface area contributed by atoms with Crippen LogP contribution in [0.2, 0.25) is 0 Å². The van der Waals surface area contributed by atoms with Crippen molar-refractivity contribution < 1.29 is 47.2 Å². The minimum atomic E-state index is -4.92. The molecule has 13 heteroatoms. The molecule has 2 aromatic carbocycles. The largest absolute Gasteiger partial charge is 0.573 e. The van der Waals surface area contributed by atoms with Crippen molar-refractivity contribution in [2.75, 3.05) is 0 Å². The molecule has 0 saturated heterocycles. The van der Waals surface area contributed by atoms with Crippen molar-refractivity contribution >= 4 is 23.7 Å². The number of alkyl halides is 3. The van der Waals surface area contributed by atoms with E-state index in [9.17, 15) is 42.9 Å². The first-order valence-corrected chi connectivity index (χ1v) is 10.6. The van der Waals surface area contributed by atoms with Gasteiger partial charge in [0, 0.05) is 5.56 Å². The first-order chi connectivity index (χ1) is 16.4. The van der Waals surface area contributed by atoms with Crippen molar-refractivity contribution in [3.05, 3.63) is 76.0 Å². The monoisotopic (exact) mass is 511 g/mol. The number of carbonyl (C=O) groups is 2. The van der Waals surface area contributed by atoms with Crippen LogP contribution in [0.5, 0.6) is 11.5 Å². The molecule has 1 aliphatic rings. The summed E-state index contributed by atoms with van der Waals surface area (Å²) in [6, 6.07) is 8.13. The van der Waals surface area contributed by atoms with Gasteiger partial charge in [-0.25, -0.2) is 4.39 Å². The molecule has 0 fully saturated rings. The number of nitrogens with zero attached hydrogens (tertiary/aromatic N) is 1. The molecule has 1 aliphatic heterocycles. The lowest BCUT2D eigenvalue weighted by Gasteiger charge is -2.14. The zero-order chi connectivity index (χ0) is 25.7. The predicted molar refractivity (Wildman–Crippen MR) is 114 cm³/mol. The summed E-state index contributed by atoms with van der Waals surface area (Å²) >= 11 is 0.439. The Morgan fingerprint density at radius 3 is 2.20 bits per heavy atom. The van der Waals surface area contributed by atoms with E-state index in [0.29, 0.717) is 16.3 Å². The number of hydrogen-bond acceptors (Lipinski definition) is 6. The molecule has 182 valence electrons. The van der Waals surface area contributed by atoms with Gasteiger partial charge in [0.05, 0.1) is 17.4 Å². The van der Waals surface area contributed by atoms with Crippen LogP contribution >= 0.6 is 11.8 Å². The molecule has 0 saturated carbocycles. The second kappa shape index (κ2) is 8.65. The third-order valence-corrected chi connectivity index (χ3v) is 6.54. The van der Waals surface area contributed by atoms with Crippen LogP contribution in [0.25, 0.3) is 16.8 Å². The summed E-state index contributed by atoms with van der Waals surface area (Å²) in [5, 5.41) is 26.1. The number of aromatic nitrogens is 1. The quantitative estimate of drug-likeness (QED) is 0.434. The molecule has 0 spiro atoms. The van der Waals surface area contributed by atoms with Crippen molar-refractivity contribution in [3.63, 3.8) is 0 Å². The third-order valence-electron chi connectivity index (χ3n) is 5.12. The number of rotatable bonds is 5. The Hall–Kier alpha value is -4.00. The average Bonchev–Trinajstić information content (AvgIpc) is 3.18. The van der Waals surface area contributed by atoms with Crippen molar-refractivity contribution in [2.24, 2.45) is 0 Å². The van der Waals surface area contributed by atoms with E-state index in [1.54, 1.807) is 0 Å². The van der Waals surface area contributed by atoms with E-state index in [4.69, 9.17) is 0 Å². The SMILES string of the molecule is O=C(O)C1SC(C(=O)O)c2c1c(O)cn(-c1ccc(-c3cccc(OC(F)(F)F)c3)cc1F)c2=O. The number of aliphatic carboxylic acids is 2. The summed E-state index contributed by atoms with van der Waals surface area (Å²) in [5.74, 6) is -5.21. The minimum Gasteiger partial charge on any atom is -0.506 e. The zero-order valence-corrected chi connectivity index (χ0v) is 17.9. The molecule has 2 heterocycles. The van der Waals surface area contributed by atoms with Gasteiger partial charge < -0.3 is 20.1 Å². The molecular weight excluding hydrogens is 498 g/mol. The van der Waals surface area contributed by atoms with E-state index in [1.165, 1.54) is 18.2 Å². The van der Waals surface area contributed by atoms with Crippen LogP contribution in [0, 0.1) is 5.82 Å². The van der Waals surface area contributed by atoms with Crippen LogP contribution in [-0.4, -0.2) is 38.2 Å². The second-order valence-electron chi connectivity index (χ2n) is 7.33. The first-order valence-electron chi connectivity index (χ1n) is 9.63. The summed E-state index contributed by atoms with van der Waals surface area (Å²) in [6.07, 6.45) is -4.13. The van der Waals surface area contributed by atoms with Gasteiger partial charge in [0.1, 0.15) is 27.8 Å². The number of pyridine rings is 1. The van der Waals surface area contributed by atoms with Crippen LogP contribution in [0.4, 0.5) is 17.6 Å². The molecule has 0 amide bonds. The lowest BCUT2D eigenvalue weighted by atomic mass is 10.0. The molecule has 35 heavy (non-hydrogen) atoms. The van der Waals surface area contributed by atoms with Gasteiger partial charge in [0.2, 0.25) is 0 Å². The standard InChI is InChI=1S/C22H13F4NO7S/c23-12-7-10(9-2-1-3-11(6-9)34-22(24,25)26)4-5-13(12)27-8-14(28)15-16(19(27)29)18(21(32)33)35-17(15)20(30)31/h1-8,17-18,28H,(H,30,31)(H,32,33). The zero-order valence-electron chi connectivity index (χ0n) is 17.1. The highest BCUT2D eigenvalue weighted by atomic mass is 32.2. The Morgan fingerprint density at radius 2 is 1.60 bits per heavy atom. The number of benzene rings is 2. The number of carboxylic acids is 2. The van der Waals surface area contributed by atoms with E-state index in [1.807, 2.05) is 0 Å². The summed E-state index contributed by atoms with van der Waals surface area (Å²) in [7, 11) is 0. The lowest BCUT2D eigenvalue weighted by Crippen LogP contribution is -2.26. The first kappa shape index (κ1) is 24.1. The van der Waals surface area contributed by atoms with Gasteiger partial charge >= 0.3 is 18.3 Å². The van der Waals surface area contributed by atoms with Crippen LogP contribution in [-0.2, 0) is 9.59 Å². The average molecular weight is 511 g/mol. The van der Waals surface area contributed by atoms with Crippen molar-refractivity contribution in [3.8, 4) is 28.3 Å². The number of carboxylic acid groups (broad SMARTS) is 2. The van der Waals surface area contributed by atoms with Gasteiger partial charge in [-0.15, -0.1) is 24.9 Å². The molecule has 4 rings (SSSR count). The van der Waals surface area contributed by atoms with E-state index >= 15 is 4.39 Å². The van der Waals surface area contributed by atoms with Gasteiger partial charge in [0.15, 0.2) is 0 Å². The van der Waals surface area contributed by atoms with Gasteiger partial charge in [-0.3, -0.25) is 19.0 Å². The molecular formula is C22H13F4NO7S. The maximum Gasteiger partial charge on any atom is 0.573 e. The summed E-state index contributed by atoms with van der Waals surface area (Å²) in [4.78, 5) is 36.2. The van der Waals surface area contributed by atoms with E-state index in [0.717, 1.165) is 30.5 Å². The van der Waals surface area contributed by atoms with Crippen molar-refractivity contribution in [2.45, 2.75) is 16.9 Å². The summed E-state index contributed by atoms with van der Waals surface area (Å²) in [6.45, 7) is 0. The van der Waals surface area contributed by atoms with Crippen LogP contribution in [0.15, 0.2) is 53.5 Å². The molecule has 2 atom stereocenters. The van der Waals surface area contributed by atoms with Gasteiger partial charge in [0.25, 0.3) is 5.56 Å². The van der Waals surface area contributed by atoms with E-state index in [-0.39, 0.29) is 16.7 Å². The Labute approximate surface area is 197 Å².